The lowest BCUT2D eigenvalue weighted by atomic mass is 9.86. The average Bonchev–Trinajstić information content (AvgIpc) is 3.52. The van der Waals surface area contributed by atoms with Crippen LogP contribution in [0.1, 0.15) is 46.7 Å². The maximum atomic E-state index is 13.3. The molecular formula is C27H32N6O4S2. The van der Waals surface area contributed by atoms with Crippen LogP contribution in [0.15, 0.2) is 40.3 Å². The van der Waals surface area contributed by atoms with E-state index in [9.17, 15) is 18.5 Å². The maximum absolute atomic E-state index is 13.3. The van der Waals surface area contributed by atoms with Gasteiger partial charge in [0.15, 0.2) is 0 Å². The van der Waals surface area contributed by atoms with Gasteiger partial charge in [0.25, 0.3) is 0 Å². The lowest BCUT2D eigenvalue weighted by molar-refractivity contribution is 0.125. The summed E-state index contributed by atoms with van der Waals surface area (Å²) in [5.41, 5.74) is 5.61. The molecule has 10 nitrogen and oxygen atoms in total. The summed E-state index contributed by atoms with van der Waals surface area (Å²) in [6.07, 6.45) is 4.71. The number of hydrogen-bond acceptors (Lipinski definition) is 7. The van der Waals surface area contributed by atoms with Crippen LogP contribution in [0.5, 0.6) is 0 Å². The molecule has 4 heterocycles. The summed E-state index contributed by atoms with van der Waals surface area (Å²) in [4.78, 5) is 19.1. The Bertz CT molecular complexity index is 1510. The predicted molar refractivity (Wildman–Crippen MR) is 148 cm³/mol. The second kappa shape index (κ2) is 11.0. The Hall–Kier alpha value is -3.40. The summed E-state index contributed by atoms with van der Waals surface area (Å²) in [6, 6.07) is 8.02. The molecule has 39 heavy (non-hydrogen) atoms. The molecule has 1 amide bonds. The number of nitriles is 1. The highest BCUT2D eigenvalue weighted by atomic mass is 32.2. The van der Waals surface area contributed by atoms with Crippen molar-refractivity contribution >= 4 is 33.1 Å². The molecule has 2 aromatic heterocycles. The SMILES string of the molecule is Cc1c(C2Cc3cc(C#N)ccc3N(Cc3cncn3C)C2)csc1S(=O)(=O)NCC1CCN(C(=O)O)CC1. The van der Waals surface area contributed by atoms with Gasteiger partial charge in [-0.1, -0.05) is 0 Å². The second-order valence-corrected chi connectivity index (χ2v) is 13.2. The van der Waals surface area contributed by atoms with Gasteiger partial charge < -0.3 is 19.5 Å². The van der Waals surface area contributed by atoms with Gasteiger partial charge in [-0.25, -0.2) is 22.9 Å². The Kier molecular flexibility index (Phi) is 7.66. The summed E-state index contributed by atoms with van der Waals surface area (Å²) in [5.74, 6) is 0.181. The first-order chi connectivity index (χ1) is 18.7. The highest BCUT2D eigenvalue weighted by Crippen LogP contribution is 2.40. The first-order valence-electron chi connectivity index (χ1n) is 12.9. The van der Waals surface area contributed by atoms with Crippen LogP contribution in [0.2, 0.25) is 0 Å². The molecule has 1 aromatic carbocycles. The zero-order chi connectivity index (χ0) is 27.7. The minimum absolute atomic E-state index is 0.0696. The van der Waals surface area contributed by atoms with Crippen LogP contribution in [0.25, 0.3) is 0 Å². The first-order valence-corrected chi connectivity index (χ1v) is 15.3. The molecule has 0 saturated carbocycles. The van der Waals surface area contributed by atoms with Crippen molar-refractivity contribution in [2.45, 2.75) is 42.9 Å². The number of nitrogens with one attached hydrogen (secondary N) is 1. The number of hydrogen-bond donors (Lipinski definition) is 2. The number of sulfonamides is 1. The fourth-order valence-corrected chi connectivity index (χ4v) is 8.45. The fourth-order valence-electron chi connectivity index (χ4n) is 5.61. The van der Waals surface area contributed by atoms with Crippen molar-refractivity contribution in [3.8, 4) is 6.07 Å². The molecule has 0 bridgehead atoms. The number of rotatable bonds is 7. The fraction of sp³-hybridized carbons (Fsp3) is 0.444. The number of aryl methyl sites for hydroxylation is 1. The van der Waals surface area contributed by atoms with E-state index in [4.69, 9.17) is 5.11 Å². The van der Waals surface area contributed by atoms with Crippen LogP contribution in [-0.2, 0) is 30.0 Å². The van der Waals surface area contributed by atoms with Crippen molar-refractivity contribution in [2.75, 3.05) is 31.1 Å². The van der Waals surface area contributed by atoms with E-state index >= 15 is 0 Å². The number of piperidine rings is 1. The van der Waals surface area contributed by atoms with Crippen molar-refractivity contribution in [1.29, 1.82) is 5.26 Å². The number of anilines is 1. The average molecular weight is 569 g/mol. The Morgan fingerprint density at radius 3 is 2.74 bits per heavy atom. The molecule has 5 rings (SSSR count). The van der Waals surface area contributed by atoms with Gasteiger partial charge in [0.05, 0.1) is 30.2 Å². The van der Waals surface area contributed by atoms with Gasteiger partial charge in [0, 0.05) is 51.0 Å². The van der Waals surface area contributed by atoms with E-state index in [1.54, 1.807) is 6.33 Å². The lowest BCUT2D eigenvalue weighted by Crippen LogP contribution is -2.40. The third-order valence-corrected chi connectivity index (χ3v) is 11.1. The number of carboxylic acid groups (broad SMARTS) is 1. The normalized spacial score (nSPS) is 18.1. The number of likely N-dealkylation sites (tertiary alicyclic amines) is 1. The van der Waals surface area contributed by atoms with Gasteiger partial charge in [-0.05, 0) is 72.4 Å². The van der Waals surface area contributed by atoms with Gasteiger partial charge in [0.1, 0.15) is 4.21 Å². The Morgan fingerprint density at radius 2 is 2.08 bits per heavy atom. The maximum Gasteiger partial charge on any atom is 0.407 e. The third-order valence-electron chi connectivity index (χ3n) is 7.89. The standard InChI is InChI=1S/C27H32N6O4S2/c1-18-24(16-38-26(18)39(36,37)30-12-19-5-7-32(8-6-19)27(34)35)22-10-21-9-20(11-28)3-4-25(21)33(14-22)15-23-13-29-17-31(23)2/h3-4,9,13,16-17,19,22,30H,5-8,10,12,14-15H2,1-2H3,(H,34,35). The molecule has 0 radical (unpaired) electrons. The van der Waals surface area contributed by atoms with Crippen molar-refractivity contribution < 1.29 is 18.3 Å². The highest BCUT2D eigenvalue weighted by molar-refractivity contribution is 7.91. The lowest BCUT2D eigenvalue weighted by Gasteiger charge is -2.36. The van der Waals surface area contributed by atoms with Crippen LogP contribution >= 0.6 is 11.3 Å². The highest BCUT2D eigenvalue weighted by Gasteiger charge is 2.31. The number of amides is 1. The number of imidazole rings is 1. The van der Waals surface area contributed by atoms with E-state index in [2.05, 4.69) is 20.7 Å². The van der Waals surface area contributed by atoms with Crippen molar-refractivity contribution in [2.24, 2.45) is 13.0 Å². The largest absolute Gasteiger partial charge is 0.465 e. The Labute approximate surface area is 232 Å². The van der Waals surface area contributed by atoms with E-state index in [1.165, 1.54) is 16.2 Å². The number of nitrogens with zero attached hydrogens (tertiary/aromatic N) is 5. The predicted octanol–water partition coefficient (Wildman–Crippen LogP) is 3.68. The number of thiophene rings is 1. The molecule has 12 heteroatoms. The van der Waals surface area contributed by atoms with E-state index in [-0.39, 0.29) is 11.8 Å². The second-order valence-electron chi connectivity index (χ2n) is 10.4. The zero-order valence-corrected chi connectivity index (χ0v) is 23.6. The van der Waals surface area contributed by atoms with E-state index < -0.39 is 16.1 Å². The molecule has 0 spiro atoms. The zero-order valence-electron chi connectivity index (χ0n) is 22.0. The molecule has 1 atom stereocenters. The molecule has 1 saturated heterocycles. The summed E-state index contributed by atoms with van der Waals surface area (Å²) >= 11 is 1.24. The molecule has 3 aromatic rings. The van der Waals surface area contributed by atoms with Crippen LogP contribution < -0.4 is 9.62 Å². The van der Waals surface area contributed by atoms with Crippen LogP contribution in [0.3, 0.4) is 0 Å². The number of fused-ring (bicyclic) bond motifs is 1. The monoisotopic (exact) mass is 568 g/mol. The summed E-state index contributed by atoms with van der Waals surface area (Å²) in [6.45, 7) is 4.40. The van der Waals surface area contributed by atoms with E-state index in [0.29, 0.717) is 48.8 Å². The van der Waals surface area contributed by atoms with Gasteiger partial charge in [0.2, 0.25) is 10.0 Å². The smallest absolute Gasteiger partial charge is 0.407 e. The Morgan fingerprint density at radius 1 is 1.31 bits per heavy atom. The molecule has 1 unspecified atom stereocenters. The molecule has 0 aliphatic carbocycles. The number of benzene rings is 1. The molecule has 2 N–H and O–H groups in total. The molecule has 206 valence electrons. The van der Waals surface area contributed by atoms with Gasteiger partial charge in [-0.2, -0.15) is 5.26 Å². The first kappa shape index (κ1) is 27.2. The quantitative estimate of drug-likeness (QED) is 0.444. The van der Waals surface area contributed by atoms with Crippen molar-refractivity contribution in [3.05, 3.63) is 64.1 Å². The van der Waals surface area contributed by atoms with Crippen LogP contribution in [0.4, 0.5) is 10.5 Å². The van der Waals surface area contributed by atoms with Crippen LogP contribution in [-0.4, -0.2) is 60.2 Å². The third kappa shape index (κ3) is 5.66. The van der Waals surface area contributed by atoms with E-state index in [1.807, 2.05) is 48.3 Å². The molecule has 2 aliphatic heterocycles. The molecule has 2 aliphatic rings. The summed E-state index contributed by atoms with van der Waals surface area (Å²) in [7, 11) is -1.73. The van der Waals surface area contributed by atoms with Gasteiger partial charge in [-0.3, -0.25) is 0 Å². The minimum Gasteiger partial charge on any atom is -0.465 e. The van der Waals surface area contributed by atoms with Crippen molar-refractivity contribution in [1.82, 2.24) is 19.2 Å². The Balaban J connectivity index is 1.34. The summed E-state index contributed by atoms with van der Waals surface area (Å²) in [5, 5.41) is 20.6. The number of carbonyl (C=O) groups is 1. The summed E-state index contributed by atoms with van der Waals surface area (Å²) < 4.78 is 31.7. The van der Waals surface area contributed by atoms with Crippen LogP contribution in [0, 0.1) is 24.2 Å². The minimum atomic E-state index is -3.70. The van der Waals surface area contributed by atoms with Gasteiger partial charge in [-0.15, -0.1) is 11.3 Å². The van der Waals surface area contributed by atoms with Crippen molar-refractivity contribution in [3.63, 3.8) is 0 Å². The molecular weight excluding hydrogens is 536 g/mol. The van der Waals surface area contributed by atoms with E-state index in [0.717, 1.165) is 41.0 Å². The molecule has 1 fully saturated rings. The van der Waals surface area contributed by atoms with Gasteiger partial charge >= 0.3 is 6.09 Å². The number of aromatic nitrogens is 2. The topological polar surface area (TPSA) is 132 Å².